The van der Waals surface area contributed by atoms with Crippen molar-refractivity contribution >= 4 is 0 Å². The topological polar surface area (TPSA) is 60.7 Å². The fraction of sp³-hybridized carbons (Fsp3) is 0.400. The highest BCUT2D eigenvalue weighted by Crippen LogP contribution is 2.46. The summed E-state index contributed by atoms with van der Waals surface area (Å²) in [5, 5.41) is 33.4. The first kappa shape index (κ1) is 24.7. The largest absolute Gasteiger partial charge is 0.507 e. The third-order valence-electron chi connectivity index (χ3n) is 8.04. The molecule has 3 rings (SSSR count). The van der Waals surface area contributed by atoms with Crippen molar-refractivity contribution in [2.24, 2.45) is 0 Å². The molecule has 0 heterocycles. The zero-order chi connectivity index (χ0) is 24.9. The van der Waals surface area contributed by atoms with Gasteiger partial charge in [-0.2, -0.15) is 0 Å². The molecule has 0 aromatic heterocycles. The Labute approximate surface area is 198 Å². The fourth-order valence-corrected chi connectivity index (χ4v) is 5.00. The maximum Gasteiger partial charge on any atom is 0.123 e. The molecule has 2 unspecified atom stereocenters. The average molecular weight is 447 g/mol. The smallest absolute Gasteiger partial charge is 0.123 e. The van der Waals surface area contributed by atoms with Gasteiger partial charge >= 0.3 is 0 Å². The number of hydrogen-bond donors (Lipinski definition) is 3. The molecule has 0 saturated heterocycles. The molecule has 0 spiro atoms. The molecule has 3 nitrogen and oxygen atoms in total. The van der Waals surface area contributed by atoms with E-state index in [4.69, 9.17) is 0 Å². The second-order valence-corrected chi connectivity index (χ2v) is 9.88. The Morgan fingerprint density at radius 2 is 0.788 bits per heavy atom. The van der Waals surface area contributed by atoms with Crippen LogP contribution in [0.25, 0.3) is 0 Å². The normalized spacial score (nSPS) is 13.3. The van der Waals surface area contributed by atoms with Crippen LogP contribution in [0.2, 0.25) is 0 Å². The van der Waals surface area contributed by atoms with Gasteiger partial charge in [-0.15, -0.1) is 0 Å². The van der Waals surface area contributed by atoms with Gasteiger partial charge in [0.05, 0.1) is 0 Å². The summed E-state index contributed by atoms with van der Waals surface area (Å²) in [5.41, 5.74) is 11.5. The van der Waals surface area contributed by atoms with Gasteiger partial charge in [-0.25, -0.2) is 0 Å². The highest BCUT2D eigenvalue weighted by Gasteiger charge is 2.27. The summed E-state index contributed by atoms with van der Waals surface area (Å²) in [6.07, 6.45) is 0. The van der Waals surface area contributed by atoms with Crippen LogP contribution in [0.15, 0.2) is 18.2 Å². The van der Waals surface area contributed by atoms with Crippen LogP contribution in [0, 0.1) is 55.4 Å². The van der Waals surface area contributed by atoms with Crippen LogP contribution in [-0.2, 0) is 0 Å². The average Bonchev–Trinajstić information content (AvgIpc) is 2.77. The van der Waals surface area contributed by atoms with Crippen molar-refractivity contribution in [1.82, 2.24) is 0 Å². The fourth-order valence-electron chi connectivity index (χ4n) is 5.00. The van der Waals surface area contributed by atoms with Crippen LogP contribution in [-0.4, -0.2) is 15.3 Å². The van der Waals surface area contributed by atoms with Crippen LogP contribution < -0.4 is 0 Å². The molecule has 3 N–H and O–H groups in total. The van der Waals surface area contributed by atoms with E-state index in [0.29, 0.717) is 11.5 Å². The molecule has 3 heteroatoms. The van der Waals surface area contributed by atoms with E-state index in [1.54, 1.807) is 0 Å². The van der Waals surface area contributed by atoms with Crippen molar-refractivity contribution in [3.8, 4) is 17.2 Å². The molecule has 176 valence electrons. The molecule has 0 saturated carbocycles. The van der Waals surface area contributed by atoms with Crippen molar-refractivity contribution in [2.75, 3.05) is 0 Å². The Balaban J connectivity index is 2.24. The predicted molar refractivity (Wildman–Crippen MR) is 137 cm³/mol. The van der Waals surface area contributed by atoms with Crippen LogP contribution in [0.1, 0.15) is 92.4 Å². The number of aryl methyl sites for hydroxylation is 3. The van der Waals surface area contributed by atoms with E-state index in [1.807, 2.05) is 66.7 Å². The SMILES string of the molecule is Cc1cc(C(C)c2cc(C)c(C)c(C(C)c3cc(C)c(C)c(C)c3O)c2O)c(O)c(C)c1C. The minimum Gasteiger partial charge on any atom is -0.507 e. The molecular weight excluding hydrogens is 408 g/mol. The summed E-state index contributed by atoms with van der Waals surface area (Å²) < 4.78 is 0. The lowest BCUT2D eigenvalue weighted by Crippen LogP contribution is -2.08. The molecule has 0 aliphatic heterocycles. The third-order valence-corrected chi connectivity index (χ3v) is 8.04. The van der Waals surface area contributed by atoms with E-state index >= 15 is 0 Å². The summed E-state index contributed by atoms with van der Waals surface area (Å²) >= 11 is 0. The first-order valence-electron chi connectivity index (χ1n) is 11.7. The van der Waals surface area contributed by atoms with Gasteiger partial charge < -0.3 is 15.3 Å². The van der Waals surface area contributed by atoms with Gasteiger partial charge in [-0.05, 0) is 99.9 Å². The Morgan fingerprint density at radius 3 is 1.21 bits per heavy atom. The summed E-state index contributed by atoms with van der Waals surface area (Å²) in [4.78, 5) is 0. The van der Waals surface area contributed by atoms with Crippen molar-refractivity contribution in [2.45, 2.75) is 81.1 Å². The molecule has 0 radical (unpaired) electrons. The number of benzene rings is 3. The first-order valence-corrected chi connectivity index (χ1v) is 11.7. The van der Waals surface area contributed by atoms with Crippen LogP contribution in [0.4, 0.5) is 0 Å². The molecule has 0 aliphatic carbocycles. The van der Waals surface area contributed by atoms with Gasteiger partial charge in [0.1, 0.15) is 17.2 Å². The second kappa shape index (κ2) is 8.78. The first-order chi connectivity index (χ1) is 15.3. The molecular formula is C30H38O3. The molecule has 0 aliphatic rings. The lowest BCUT2D eigenvalue weighted by Gasteiger charge is -2.26. The van der Waals surface area contributed by atoms with Gasteiger partial charge in [0.15, 0.2) is 0 Å². The van der Waals surface area contributed by atoms with Gasteiger partial charge in [-0.1, -0.05) is 32.0 Å². The predicted octanol–water partition coefficient (Wildman–Crippen LogP) is 7.57. The number of phenolic OH excluding ortho intramolecular Hbond substituents is 3. The van der Waals surface area contributed by atoms with E-state index in [0.717, 1.165) is 66.8 Å². The Bertz CT molecular complexity index is 1250. The van der Waals surface area contributed by atoms with Crippen LogP contribution in [0.5, 0.6) is 17.2 Å². The number of rotatable bonds is 4. The number of phenols is 3. The number of hydrogen-bond acceptors (Lipinski definition) is 3. The molecule has 0 fully saturated rings. The Hall–Kier alpha value is -2.94. The highest BCUT2D eigenvalue weighted by molar-refractivity contribution is 5.61. The van der Waals surface area contributed by atoms with Crippen molar-refractivity contribution in [3.63, 3.8) is 0 Å². The summed E-state index contributed by atoms with van der Waals surface area (Å²) in [6.45, 7) is 20.2. The molecule has 3 aromatic carbocycles. The standard InChI is InChI=1S/C30H38O3/c1-14-11-24(28(31)20(7)17(14)4)22(9)25-13-16(3)19(6)27(30(25)33)23(10)26-12-15(2)18(5)21(8)29(26)32/h11-13,22-23,31-33H,1-10H3. The second-order valence-electron chi connectivity index (χ2n) is 9.88. The lowest BCUT2D eigenvalue weighted by atomic mass is 9.80. The minimum absolute atomic E-state index is 0.191. The summed E-state index contributed by atoms with van der Waals surface area (Å²) in [6, 6.07) is 6.09. The molecule has 2 atom stereocenters. The molecule has 0 bridgehead atoms. The maximum absolute atomic E-state index is 11.6. The van der Waals surface area contributed by atoms with E-state index in [9.17, 15) is 15.3 Å². The molecule has 0 amide bonds. The van der Waals surface area contributed by atoms with Gasteiger partial charge in [0, 0.05) is 34.1 Å². The van der Waals surface area contributed by atoms with Crippen LogP contribution in [0.3, 0.4) is 0 Å². The molecule has 3 aromatic rings. The Kier molecular flexibility index (Phi) is 6.57. The van der Waals surface area contributed by atoms with E-state index in [1.165, 1.54) is 0 Å². The molecule has 33 heavy (non-hydrogen) atoms. The zero-order valence-corrected chi connectivity index (χ0v) is 21.7. The van der Waals surface area contributed by atoms with Gasteiger partial charge in [0.25, 0.3) is 0 Å². The number of aromatic hydroxyl groups is 3. The van der Waals surface area contributed by atoms with Crippen molar-refractivity contribution in [3.05, 3.63) is 85.0 Å². The minimum atomic E-state index is -0.191. The van der Waals surface area contributed by atoms with E-state index in [2.05, 4.69) is 20.8 Å². The Morgan fingerprint density at radius 1 is 0.455 bits per heavy atom. The monoisotopic (exact) mass is 446 g/mol. The summed E-state index contributed by atoms with van der Waals surface area (Å²) in [7, 11) is 0. The lowest BCUT2D eigenvalue weighted by molar-refractivity contribution is 0.445. The quantitative estimate of drug-likeness (QED) is 0.387. The van der Waals surface area contributed by atoms with Gasteiger partial charge in [0.2, 0.25) is 0 Å². The van der Waals surface area contributed by atoms with E-state index in [-0.39, 0.29) is 17.6 Å². The summed E-state index contributed by atoms with van der Waals surface area (Å²) in [5.74, 6) is 0.444. The van der Waals surface area contributed by atoms with Crippen molar-refractivity contribution in [1.29, 1.82) is 0 Å². The van der Waals surface area contributed by atoms with Crippen molar-refractivity contribution < 1.29 is 15.3 Å². The highest BCUT2D eigenvalue weighted by atomic mass is 16.3. The van der Waals surface area contributed by atoms with Crippen LogP contribution >= 0.6 is 0 Å². The maximum atomic E-state index is 11.6. The third kappa shape index (κ3) is 3.99. The van der Waals surface area contributed by atoms with Gasteiger partial charge in [-0.3, -0.25) is 0 Å². The van der Waals surface area contributed by atoms with E-state index < -0.39 is 0 Å². The zero-order valence-electron chi connectivity index (χ0n) is 21.7.